The first-order chi connectivity index (χ1) is 12.1. The van der Waals surface area contributed by atoms with Gasteiger partial charge in [0.05, 0.1) is 16.5 Å². The maximum Gasteiger partial charge on any atom is 0.307 e. The molecule has 1 aliphatic carbocycles. The minimum atomic E-state index is -0.738. The van der Waals surface area contributed by atoms with Crippen LogP contribution in [0, 0.1) is 16.7 Å². The van der Waals surface area contributed by atoms with Crippen molar-refractivity contribution in [1.82, 2.24) is 10.2 Å². The third-order valence-corrected chi connectivity index (χ3v) is 7.04. The molecule has 0 radical (unpaired) electrons. The summed E-state index contributed by atoms with van der Waals surface area (Å²) < 4.78 is 5.80. The summed E-state index contributed by atoms with van der Waals surface area (Å²) in [5, 5.41) is 19.0. The van der Waals surface area contributed by atoms with Crippen molar-refractivity contribution < 1.29 is 14.3 Å². The second-order valence-corrected chi connectivity index (χ2v) is 9.80. The average Bonchev–Trinajstić information content (AvgIpc) is 2.97. The Morgan fingerprint density at radius 1 is 1.23 bits per heavy atom. The summed E-state index contributed by atoms with van der Waals surface area (Å²) in [4.78, 5) is 11.7. The number of carboxylic acid groups (broad SMARTS) is 1. The molecule has 0 amide bonds. The smallest absolute Gasteiger partial charge is 0.307 e. The Bertz CT molecular complexity index is 819. The first-order valence-electron chi connectivity index (χ1n) is 8.58. The van der Waals surface area contributed by atoms with Gasteiger partial charge in [0.25, 0.3) is 5.22 Å². The van der Waals surface area contributed by atoms with E-state index in [2.05, 4.69) is 24.0 Å². The van der Waals surface area contributed by atoms with Crippen LogP contribution in [0.25, 0.3) is 11.5 Å². The fourth-order valence-corrected chi connectivity index (χ4v) is 5.39. The Morgan fingerprint density at radius 3 is 2.58 bits per heavy atom. The zero-order chi connectivity index (χ0) is 19.1. The lowest BCUT2D eigenvalue weighted by Gasteiger charge is -2.48. The molecule has 1 aromatic heterocycles. The summed E-state index contributed by atoms with van der Waals surface area (Å²) in [7, 11) is 0. The second-order valence-electron chi connectivity index (χ2n) is 8.24. The van der Waals surface area contributed by atoms with Crippen molar-refractivity contribution in [3.8, 4) is 11.5 Å². The first-order valence-corrected chi connectivity index (χ1v) is 9.84. The molecule has 2 atom stereocenters. The second kappa shape index (κ2) is 6.89. The highest BCUT2D eigenvalue weighted by Gasteiger charge is 2.49. The largest absolute Gasteiger partial charge is 0.481 e. The molecule has 26 heavy (non-hydrogen) atoms. The quantitative estimate of drug-likeness (QED) is 0.748. The molecule has 1 aromatic carbocycles. The van der Waals surface area contributed by atoms with Gasteiger partial charge < -0.3 is 9.52 Å². The van der Waals surface area contributed by atoms with Crippen LogP contribution in [0.15, 0.2) is 33.9 Å². The number of rotatable bonds is 4. The van der Waals surface area contributed by atoms with Crippen LogP contribution in [0.4, 0.5) is 0 Å². The molecule has 3 rings (SSSR count). The predicted molar refractivity (Wildman–Crippen MR) is 102 cm³/mol. The van der Waals surface area contributed by atoms with Gasteiger partial charge in [0.2, 0.25) is 5.89 Å². The Hall–Kier alpha value is -1.53. The van der Waals surface area contributed by atoms with Crippen LogP contribution in [0.1, 0.15) is 40.5 Å². The molecule has 140 valence electrons. The van der Waals surface area contributed by atoms with Crippen LogP contribution in [0.3, 0.4) is 0 Å². The maximum atomic E-state index is 11.7. The molecule has 0 bridgehead atoms. The summed E-state index contributed by atoms with van der Waals surface area (Å²) in [5.74, 6) is -0.751. The van der Waals surface area contributed by atoms with Gasteiger partial charge in [-0.15, -0.1) is 10.2 Å². The maximum absolute atomic E-state index is 11.7. The molecule has 1 aliphatic rings. The molecule has 0 saturated heterocycles. The van der Waals surface area contributed by atoms with E-state index in [4.69, 9.17) is 16.0 Å². The van der Waals surface area contributed by atoms with Crippen molar-refractivity contribution >= 4 is 29.3 Å². The monoisotopic (exact) mass is 394 g/mol. The van der Waals surface area contributed by atoms with Crippen molar-refractivity contribution in [3.63, 3.8) is 0 Å². The number of hydrogen-bond acceptors (Lipinski definition) is 5. The summed E-state index contributed by atoms with van der Waals surface area (Å²) in [6.45, 7) is 8.43. The van der Waals surface area contributed by atoms with E-state index in [1.165, 1.54) is 11.8 Å². The van der Waals surface area contributed by atoms with E-state index < -0.39 is 5.97 Å². The van der Waals surface area contributed by atoms with Crippen molar-refractivity contribution in [1.29, 1.82) is 0 Å². The lowest BCUT2D eigenvalue weighted by molar-refractivity contribution is -0.149. The third-order valence-electron chi connectivity index (χ3n) is 5.23. The molecule has 0 spiro atoms. The zero-order valence-corrected chi connectivity index (χ0v) is 16.9. The van der Waals surface area contributed by atoms with Gasteiger partial charge in [-0.25, -0.2) is 0 Å². The number of hydrogen-bond donors (Lipinski definition) is 1. The predicted octanol–water partition coefficient (Wildman–Crippen LogP) is 5.40. The average molecular weight is 395 g/mol. The van der Waals surface area contributed by atoms with Gasteiger partial charge in [0.1, 0.15) is 0 Å². The highest BCUT2D eigenvalue weighted by atomic mass is 35.5. The summed E-state index contributed by atoms with van der Waals surface area (Å²) >= 11 is 7.66. The van der Waals surface area contributed by atoms with Crippen molar-refractivity contribution in [2.45, 2.75) is 51.0 Å². The van der Waals surface area contributed by atoms with Crippen molar-refractivity contribution in [2.75, 3.05) is 0 Å². The molecular formula is C19H23ClN2O3S. The van der Waals surface area contributed by atoms with E-state index in [0.717, 1.165) is 6.42 Å². The SMILES string of the molecule is CC1(C)CC(C)(C)C(C(=O)O)CC1Sc1nnc(-c2ccccc2Cl)o1. The normalized spacial score (nSPS) is 24.3. The first kappa shape index (κ1) is 19.2. The van der Waals surface area contributed by atoms with Crippen molar-refractivity contribution in [3.05, 3.63) is 29.3 Å². The van der Waals surface area contributed by atoms with Crippen LogP contribution in [-0.2, 0) is 4.79 Å². The molecule has 5 nitrogen and oxygen atoms in total. The van der Waals surface area contributed by atoms with E-state index in [1.54, 1.807) is 6.07 Å². The van der Waals surface area contributed by atoms with E-state index in [-0.39, 0.29) is 22.0 Å². The van der Waals surface area contributed by atoms with E-state index in [0.29, 0.717) is 28.1 Å². The molecule has 2 aromatic rings. The topological polar surface area (TPSA) is 76.2 Å². The fraction of sp³-hybridized carbons (Fsp3) is 0.526. The molecule has 1 saturated carbocycles. The standard InChI is InChI=1S/C19H23ClN2O3S/c1-18(2)10-19(3,4)14(9-12(18)16(23)24)26-17-22-21-15(25-17)11-7-5-6-8-13(11)20/h5-8,12,14H,9-10H2,1-4H3,(H,23,24). The molecule has 7 heteroatoms. The number of halogens is 1. The number of thioether (sulfide) groups is 1. The van der Waals surface area contributed by atoms with Gasteiger partial charge in [-0.1, -0.05) is 63.2 Å². The number of nitrogens with zero attached hydrogens (tertiary/aromatic N) is 2. The number of aliphatic carboxylic acids is 1. The fourth-order valence-electron chi connectivity index (χ4n) is 4.03. The Labute approximate surface area is 162 Å². The highest BCUT2D eigenvalue weighted by molar-refractivity contribution is 7.99. The number of carboxylic acids is 1. The van der Waals surface area contributed by atoms with Crippen LogP contribution < -0.4 is 0 Å². The van der Waals surface area contributed by atoms with E-state index >= 15 is 0 Å². The van der Waals surface area contributed by atoms with E-state index in [9.17, 15) is 9.90 Å². The number of carbonyl (C=O) groups is 1. The molecule has 1 N–H and O–H groups in total. The molecule has 0 aliphatic heterocycles. The van der Waals surface area contributed by atoms with Gasteiger partial charge in [-0.3, -0.25) is 4.79 Å². The lowest BCUT2D eigenvalue weighted by atomic mass is 9.60. The third kappa shape index (κ3) is 3.76. The molecule has 2 unspecified atom stereocenters. The van der Waals surface area contributed by atoms with Gasteiger partial charge in [0, 0.05) is 5.25 Å². The van der Waals surface area contributed by atoms with Crippen molar-refractivity contribution in [2.24, 2.45) is 16.7 Å². The van der Waals surface area contributed by atoms with Gasteiger partial charge in [-0.2, -0.15) is 0 Å². The molecule has 1 fully saturated rings. The Balaban J connectivity index is 1.82. The summed E-state index contributed by atoms with van der Waals surface area (Å²) in [5.41, 5.74) is 0.407. The van der Waals surface area contributed by atoms with Crippen LogP contribution in [-0.4, -0.2) is 26.5 Å². The Kier molecular flexibility index (Phi) is 5.10. The number of aromatic nitrogens is 2. The van der Waals surface area contributed by atoms with Gasteiger partial charge >= 0.3 is 5.97 Å². The van der Waals surface area contributed by atoms with Gasteiger partial charge in [-0.05, 0) is 35.8 Å². The molecule has 1 heterocycles. The zero-order valence-electron chi connectivity index (χ0n) is 15.3. The van der Waals surface area contributed by atoms with Crippen LogP contribution in [0.5, 0.6) is 0 Å². The minimum absolute atomic E-state index is 0.0425. The lowest BCUT2D eigenvalue weighted by Crippen LogP contribution is -2.46. The minimum Gasteiger partial charge on any atom is -0.481 e. The van der Waals surface area contributed by atoms with Crippen LogP contribution >= 0.6 is 23.4 Å². The number of benzene rings is 1. The molecular weight excluding hydrogens is 372 g/mol. The summed E-state index contributed by atoms with van der Waals surface area (Å²) in [6, 6.07) is 7.31. The highest BCUT2D eigenvalue weighted by Crippen LogP contribution is 2.54. The van der Waals surface area contributed by atoms with Gasteiger partial charge in [0.15, 0.2) is 0 Å². The Morgan fingerprint density at radius 2 is 1.92 bits per heavy atom. The van der Waals surface area contributed by atoms with Crippen LogP contribution in [0.2, 0.25) is 5.02 Å². The van der Waals surface area contributed by atoms with E-state index in [1.807, 2.05) is 32.0 Å². The summed E-state index contributed by atoms with van der Waals surface area (Å²) in [6.07, 6.45) is 1.39.